The van der Waals surface area contributed by atoms with E-state index in [0.29, 0.717) is 0 Å². The Labute approximate surface area is 73.9 Å². The second kappa shape index (κ2) is 3.97. The minimum absolute atomic E-state index is 0.306. The van der Waals surface area contributed by atoms with E-state index in [1.807, 2.05) is 24.3 Å². The van der Waals surface area contributed by atoms with Crippen molar-refractivity contribution in [2.45, 2.75) is 0 Å². The monoisotopic (exact) mass is 186 g/mol. The van der Waals surface area contributed by atoms with Gasteiger partial charge < -0.3 is 9.52 Å². The van der Waals surface area contributed by atoms with Crippen molar-refractivity contribution in [3.05, 3.63) is 24.3 Å². The van der Waals surface area contributed by atoms with Crippen molar-refractivity contribution in [2.75, 3.05) is 5.88 Å². The molecule has 12 heavy (non-hydrogen) atoms. The number of carboxylic acids is 1. The third kappa shape index (κ3) is 2.43. The van der Waals surface area contributed by atoms with Gasteiger partial charge in [0, 0.05) is 0 Å². The van der Waals surface area contributed by atoms with Gasteiger partial charge in [0.05, 0.1) is 0 Å². The first kappa shape index (κ1) is 8.87. The van der Waals surface area contributed by atoms with Crippen LogP contribution in [0.15, 0.2) is 28.7 Å². The summed E-state index contributed by atoms with van der Waals surface area (Å²) in [6.07, 6.45) is 0. The van der Waals surface area contributed by atoms with Crippen molar-refractivity contribution in [2.24, 2.45) is 0 Å². The molecule has 0 aromatic carbocycles. The second-order valence-electron chi connectivity index (χ2n) is 2.10. The SMILES string of the molecule is O=C(O)CCl.c1cc2ccc1o2. The minimum atomic E-state index is -0.980. The summed E-state index contributed by atoms with van der Waals surface area (Å²) in [4.78, 5) is 9.24. The summed E-state index contributed by atoms with van der Waals surface area (Å²) in [5.41, 5.74) is 1.94. The van der Waals surface area contributed by atoms with Gasteiger partial charge in [-0.3, -0.25) is 4.79 Å². The summed E-state index contributed by atoms with van der Waals surface area (Å²) < 4.78 is 5.08. The highest BCUT2D eigenvalue weighted by Gasteiger charge is 1.91. The lowest BCUT2D eigenvalue weighted by molar-refractivity contribution is -0.134. The molecule has 2 rings (SSSR count). The van der Waals surface area contributed by atoms with Gasteiger partial charge in [0.2, 0.25) is 0 Å². The van der Waals surface area contributed by atoms with Crippen molar-refractivity contribution < 1.29 is 14.3 Å². The lowest BCUT2D eigenvalue weighted by atomic mass is 10.4. The molecule has 3 nitrogen and oxygen atoms in total. The molecule has 0 saturated heterocycles. The van der Waals surface area contributed by atoms with Crippen LogP contribution in [0.25, 0.3) is 11.2 Å². The van der Waals surface area contributed by atoms with Crippen molar-refractivity contribution in [3.63, 3.8) is 0 Å². The van der Waals surface area contributed by atoms with Crippen LogP contribution in [-0.4, -0.2) is 17.0 Å². The summed E-state index contributed by atoms with van der Waals surface area (Å²) >= 11 is 4.74. The van der Waals surface area contributed by atoms with Crippen molar-refractivity contribution in [3.8, 4) is 0 Å². The first-order chi connectivity index (χ1) is 5.72. The normalized spacial score (nSPS) is 9.42. The molecule has 0 aliphatic rings. The fourth-order valence-electron chi connectivity index (χ4n) is 0.712. The molecule has 0 atom stereocenters. The molecule has 2 aromatic heterocycles. The summed E-state index contributed by atoms with van der Waals surface area (Å²) in [7, 11) is 0. The van der Waals surface area contributed by atoms with E-state index in [-0.39, 0.29) is 5.88 Å². The van der Waals surface area contributed by atoms with E-state index in [1.165, 1.54) is 0 Å². The largest absolute Gasteiger partial charge is 0.480 e. The number of aliphatic carboxylic acids is 1. The van der Waals surface area contributed by atoms with Gasteiger partial charge in [0.25, 0.3) is 0 Å². The zero-order chi connectivity index (χ0) is 8.97. The number of rotatable bonds is 1. The van der Waals surface area contributed by atoms with E-state index in [4.69, 9.17) is 21.1 Å². The molecule has 2 bridgehead atoms. The van der Waals surface area contributed by atoms with Gasteiger partial charge in [-0.1, -0.05) is 0 Å². The maximum atomic E-state index is 9.24. The molecular formula is C8H7ClO3. The van der Waals surface area contributed by atoms with Crippen LogP contribution in [-0.2, 0) is 4.79 Å². The Hall–Kier alpha value is -1.22. The molecule has 0 aliphatic carbocycles. The first-order valence-corrected chi connectivity index (χ1v) is 3.81. The van der Waals surface area contributed by atoms with Crippen LogP contribution in [0.1, 0.15) is 0 Å². The molecule has 0 saturated carbocycles. The summed E-state index contributed by atoms with van der Waals surface area (Å²) in [6, 6.07) is 7.81. The van der Waals surface area contributed by atoms with E-state index in [9.17, 15) is 4.79 Å². The molecule has 0 radical (unpaired) electrons. The van der Waals surface area contributed by atoms with Crippen LogP contribution in [0.4, 0.5) is 0 Å². The van der Waals surface area contributed by atoms with Crippen LogP contribution < -0.4 is 0 Å². The van der Waals surface area contributed by atoms with Gasteiger partial charge in [-0.15, -0.1) is 11.6 Å². The highest BCUT2D eigenvalue weighted by atomic mass is 35.5. The summed E-state index contributed by atoms with van der Waals surface area (Å²) in [5, 5.41) is 7.59. The second-order valence-corrected chi connectivity index (χ2v) is 2.37. The molecule has 0 spiro atoms. The number of alkyl halides is 1. The number of carbonyl (C=O) groups is 1. The van der Waals surface area contributed by atoms with Crippen molar-refractivity contribution >= 4 is 28.7 Å². The number of benzene rings is 1. The van der Waals surface area contributed by atoms with Crippen molar-refractivity contribution in [1.82, 2.24) is 0 Å². The number of hydrogen-bond donors (Lipinski definition) is 1. The lowest BCUT2D eigenvalue weighted by Crippen LogP contribution is -1.92. The molecule has 0 fully saturated rings. The van der Waals surface area contributed by atoms with E-state index in [1.54, 1.807) is 0 Å². The smallest absolute Gasteiger partial charge is 0.318 e. The molecule has 2 heterocycles. The molecular weight excluding hydrogens is 180 g/mol. The van der Waals surface area contributed by atoms with Gasteiger partial charge in [-0.2, -0.15) is 0 Å². The van der Waals surface area contributed by atoms with Gasteiger partial charge >= 0.3 is 5.97 Å². The fraction of sp³-hybridized carbons (Fsp3) is 0.125. The number of fused-ring (bicyclic) bond motifs is 2. The Morgan fingerprint density at radius 1 is 1.33 bits per heavy atom. The Morgan fingerprint density at radius 3 is 1.75 bits per heavy atom. The van der Waals surface area contributed by atoms with Crippen LogP contribution in [0, 0.1) is 0 Å². The number of halogens is 1. The zero-order valence-corrected chi connectivity index (χ0v) is 6.91. The Kier molecular flexibility index (Phi) is 2.94. The standard InChI is InChI=1S/C6H4O.C2H3ClO2/c1-2-6-4-3-5(1)7-6;3-1-2(4)5/h1-4H;1H2,(H,4,5). The topological polar surface area (TPSA) is 50.4 Å². The molecule has 64 valence electrons. The Balaban J connectivity index is 0.000000130. The Morgan fingerprint density at radius 2 is 1.67 bits per heavy atom. The predicted octanol–water partition coefficient (Wildman–Crippen LogP) is 2.18. The maximum absolute atomic E-state index is 9.24. The predicted molar refractivity (Wildman–Crippen MR) is 45.8 cm³/mol. The van der Waals surface area contributed by atoms with E-state index in [0.717, 1.165) is 11.2 Å². The van der Waals surface area contributed by atoms with Gasteiger partial charge in [0.1, 0.15) is 17.0 Å². The lowest BCUT2D eigenvalue weighted by Gasteiger charge is -1.69. The number of carboxylic acid groups (broad SMARTS) is 1. The molecule has 2 aromatic rings. The highest BCUT2D eigenvalue weighted by molar-refractivity contribution is 6.26. The van der Waals surface area contributed by atoms with E-state index >= 15 is 0 Å². The quantitative estimate of drug-likeness (QED) is 0.695. The van der Waals surface area contributed by atoms with Gasteiger partial charge in [0.15, 0.2) is 0 Å². The number of hydrogen-bond acceptors (Lipinski definition) is 2. The third-order valence-electron chi connectivity index (χ3n) is 1.17. The molecule has 0 aliphatic heterocycles. The van der Waals surface area contributed by atoms with Crippen LogP contribution >= 0.6 is 11.6 Å². The third-order valence-corrected chi connectivity index (χ3v) is 1.40. The van der Waals surface area contributed by atoms with E-state index in [2.05, 4.69) is 0 Å². The van der Waals surface area contributed by atoms with Gasteiger partial charge in [-0.05, 0) is 24.3 Å². The average molecular weight is 187 g/mol. The minimum Gasteiger partial charge on any atom is -0.480 e. The van der Waals surface area contributed by atoms with Crippen LogP contribution in [0.2, 0.25) is 0 Å². The maximum Gasteiger partial charge on any atom is 0.318 e. The first-order valence-electron chi connectivity index (χ1n) is 3.28. The molecule has 1 N–H and O–H groups in total. The Bertz CT molecular complexity index is 296. The molecule has 0 amide bonds. The summed E-state index contributed by atoms with van der Waals surface area (Å²) in [6.45, 7) is 0. The van der Waals surface area contributed by atoms with Crippen LogP contribution in [0.5, 0.6) is 0 Å². The summed E-state index contributed by atoms with van der Waals surface area (Å²) in [5.74, 6) is -1.29. The molecule has 0 unspecified atom stereocenters. The fourth-order valence-corrected chi connectivity index (χ4v) is 0.712. The average Bonchev–Trinajstić information content (AvgIpc) is 2.67. The highest BCUT2D eigenvalue weighted by Crippen LogP contribution is 2.13. The zero-order valence-electron chi connectivity index (χ0n) is 6.16. The number of furan rings is 2. The molecule has 4 heteroatoms. The van der Waals surface area contributed by atoms with Gasteiger partial charge in [-0.25, -0.2) is 0 Å². The van der Waals surface area contributed by atoms with Crippen LogP contribution in [0.3, 0.4) is 0 Å². The van der Waals surface area contributed by atoms with E-state index < -0.39 is 5.97 Å². The van der Waals surface area contributed by atoms with Crippen molar-refractivity contribution in [1.29, 1.82) is 0 Å².